The highest BCUT2D eigenvalue weighted by atomic mass is 16.6. The Labute approximate surface area is 120 Å². The maximum atomic E-state index is 11.7. The third-order valence-corrected chi connectivity index (χ3v) is 3.17. The molecule has 6 nitrogen and oxygen atoms in total. The number of carbonyl (C=O) groups excluding carboxylic acids is 1. The summed E-state index contributed by atoms with van der Waals surface area (Å²) in [6, 6.07) is 13.6. The van der Waals surface area contributed by atoms with Gasteiger partial charge in [-0.15, -0.1) is 0 Å². The lowest BCUT2D eigenvalue weighted by atomic mass is 10.1. The van der Waals surface area contributed by atoms with Gasteiger partial charge in [-0.3, -0.25) is 19.9 Å². The number of nitro groups is 1. The van der Waals surface area contributed by atoms with E-state index in [1.807, 2.05) is 30.3 Å². The molecule has 0 aliphatic carbocycles. The van der Waals surface area contributed by atoms with E-state index in [0.717, 1.165) is 5.56 Å². The Balaban J connectivity index is 2.20. The smallest absolute Gasteiger partial charge is 0.270 e. The summed E-state index contributed by atoms with van der Waals surface area (Å²) in [5, 5.41) is 13.7. The van der Waals surface area contributed by atoms with Crippen LogP contribution in [-0.4, -0.2) is 23.1 Å². The summed E-state index contributed by atoms with van der Waals surface area (Å²) < 4.78 is 0. The van der Waals surface area contributed by atoms with Crippen LogP contribution in [0.15, 0.2) is 53.5 Å². The van der Waals surface area contributed by atoms with Gasteiger partial charge in [-0.2, -0.15) is 0 Å². The second-order valence-electron chi connectivity index (χ2n) is 4.57. The Hall–Kier alpha value is -3.02. The molecule has 0 saturated carbocycles. The summed E-state index contributed by atoms with van der Waals surface area (Å²) in [4.78, 5) is 26.5. The van der Waals surface area contributed by atoms with Crippen molar-refractivity contribution in [3.05, 3.63) is 69.8 Å². The van der Waals surface area contributed by atoms with Gasteiger partial charge in [-0.05, 0) is 6.07 Å². The number of nitro benzene ring substituents is 1. The van der Waals surface area contributed by atoms with E-state index in [1.54, 1.807) is 0 Å². The number of aliphatic imine (C=N–C) groups is 1. The molecule has 0 radical (unpaired) electrons. The van der Waals surface area contributed by atoms with Crippen molar-refractivity contribution >= 4 is 23.0 Å². The zero-order chi connectivity index (χ0) is 14.8. The van der Waals surface area contributed by atoms with Crippen molar-refractivity contribution in [1.29, 1.82) is 0 Å². The van der Waals surface area contributed by atoms with Gasteiger partial charge in [-0.1, -0.05) is 30.3 Å². The van der Waals surface area contributed by atoms with Crippen LogP contribution in [0.4, 0.5) is 11.4 Å². The lowest BCUT2D eigenvalue weighted by molar-refractivity contribution is -0.384. The molecule has 1 aliphatic heterocycles. The maximum Gasteiger partial charge on any atom is 0.270 e. The predicted molar refractivity (Wildman–Crippen MR) is 78.7 cm³/mol. The number of non-ortho nitro benzene ring substituents is 1. The summed E-state index contributed by atoms with van der Waals surface area (Å²) in [6.45, 7) is -0.00724. The minimum atomic E-state index is -0.463. The van der Waals surface area contributed by atoms with Crippen LogP contribution in [0.1, 0.15) is 11.1 Å². The number of anilines is 1. The first-order valence-electron chi connectivity index (χ1n) is 6.33. The van der Waals surface area contributed by atoms with Gasteiger partial charge in [0.25, 0.3) is 5.69 Å². The van der Waals surface area contributed by atoms with Crippen molar-refractivity contribution in [2.24, 2.45) is 4.99 Å². The molecule has 2 aromatic rings. The van der Waals surface area contributed by atoms with Crippen molar-refractivity contribution < 1.29 is 9.72 Å². The quantitative estimate of drug-likeness (QED) is 0.679. The van der Waals surface area contributed by atoms with Gasteiger partial charge in [0.2, 0.25) is 5.91 Å². The SMILES string of the molecule is O=C1CN=C([13c]2[13cH][13cH][13cH][13cH][13cH]2)c2cc([N+](=O)[O-])ccc2N1. The van der Waals surface area contributed by atoms with Crippen molar-refractivity contribution in [2.45, 2.75) is 0 Å². The fourth-order valence-electron chi connectivity index (χ4n) is 2.22. The molecule has 0 bridgehead atoms. The molecule has 0 spiro atoms. The minimum absolute atomic E-state index is 0.00724. The third-order valence-electron chi connectivity index (χ3n) is 3.17. The molecule has 0 atom stereocenters. The maximum absolute atomic E-state index is 11.7. The van der Waals surface area contributed by atoms with Crippen LogP contribution in [0.25, 0.3) is 0 Å². The van der Waals surface area contributed by atoms with Crippen LogP contribution in [0, 0.1) is 10.1 Å². The van der Waals surface area contributed by atoms with Gasteiger partial charge in [0.05, 0.1) is 16.3 Å². The normalized spacial score (nSPS) is 13.7. The number of hydrogen-bond acceptors (Lipinski definition) is 4. The molecule has 1 amide bonds. The molecule has 21 heavy (non-hydrogen) atoms. The summed E-state index contributed by atoms with van der Waals surface area (Å²) in [7, 11) is 0. The number of nitrogens with one attached hydrogen (secondary N) is 1. The molecule has 0 saturated heterocycles. The number of nitrogens with zero attached hydrogens (tertiary/aromatic N) is 2. The van der Waals surface area contributed by atoms with Gasteiger partial charge in [0.15, 0.2) is 0 Å². The Morgan fingerprint density at radius 3 is 2.62 bits per heavy atom. The second-order valence-corrected chi connectivity index (χ2v) is 4.57. The number of fused-ring (bicyclic) bond motifs is 1. The van der Waals surface area contributed by atoms with E-state index in [-0.39, 0.29) is 18.1 Å². The summed E-state index contributed by atoms with van der Waals surface area (Å²) in [5.74, 6) is -0.240. The molecule has 1 aliphatic rings. The van der Waals surface area contributed by atoms with Crippen LogP contribution in [0.5, 0.6) is 0 Å². The van der Waals surface area contributed by atoms with Crippen molar-refractivity contribution in [1.82, 2.24) is 0 Å². The van der Waals surface area contributed by atoms with E-state index in [1.165, 1.54) is 18.2 Å². The highest BCUT2D eigenvalue weighted by molar-refractivity contribution is 6.19. The molecular weight excluding hydrogens is 276 g/mol. The lowest BCUT2D eigenvalue weighted by Gasteiger charge is -2.09. The zero-order valence-electron chi connectivity index (χ0n) is 10.9. The van der Waals surface area contributed by atoms with Crippen LogP contribution in [0.3, 0.4) is 0 Å². The van der Waals surface area contributed by atoms with Gasteiger partial charge in [0, 0.05) is 23.3 Å². The number of benzodiazepines with no additional fused rings is 1. The Morgan fingerprint density at radius 1 is 1.14 bits per heavy atom. The Kier molecular flexibility index (Phi) is 3.19. The molecule has 0 fully saturated rings. The first-order chi connectivity index (χ1) is 10.1. The molecule has 3 rings (SSSR count). The van der Waals surface area contributed by atoms with E-state index in [2.05, 4.69) is 10.3 Å². The third kappa shape index (κ3) is 2.51. The summed E-state index contributed by atoms with van der Waals surface area (Å²) >= 11 is 0. The van der Waals surface area contributed by atoms with E-state index in [9.17, 15) is 14.9 Å². The van der Waals surface area contributed by atoms with Crippen LogP contribution < -0.4 is 5.32 Å². The molecule has 0 aromatic heterocycles. The second kappa shape index (κ2) is 5.16. The van der Waals surface area contributed by atoms with Crippen LogP contribution in [0.2, 0.25) is 0 Å². The fourth-order valence-corrected chi connectivity index (χ4v) is 2.22. The van der Waals surface area contributed by atoms with Crippen molar-refractivity contribution in [3.8, 4) is 0 Å². The molecule has 6 heteroatoms. The molecule has 1 heterocycles. The Morgan fingerprint density at radius 2 is 1.90 bits per heavy atom. The monoisotopic (exact) mass is 287 g/mol. The topological polar surface area (TPSA) is 84.6 Å². The summed E-state index contributed by atoms with van der Waals surface area (Å²) in [5.41, 5.74) is 2.45. The lowest BCUT2D eigenvalue weighted by Crippen LogP contribution is -2.13. The average molecular weight is 287 g/mol. The first-order valence-corrected chi connectivity index (χ1v) is 6.33. The molecule has 104 valence electrons. The minimum Gasteiger partial charge on any atom is -0.324 e. The van der Waals surface area contributed by atoms with E-state index in [4.69, 9.17) is 0 Å². The molecule has 2 aromatic carbocycles. The van der Waals surface area contributed by atoms with E-state index >= 15 is 0 Å². The number of carbonyl (C=O) groups is 1. The molecule has 1 N–H and O–H groups in total. The van der Waals surface area contributed by atoms with Gasteiger partial charge < -0.3 is 5.32 Å². The van der Waals surface area contributed by atoms with Crippen LogP contribution >= 0.6 is 0 Å². The number of benzene rings is 2. The highest BCUT2D eigenvalue weighted by Gasteiger charge is 2.20. The van der Waals surface area contributed by atoms with Gasteiger partial charge in [-0.25, -0.2) is 0 Å². The molecule has 0 unspecified atom stereocenters. The highest BCUT2D eigenvalue weighted by Crippen LogP contribution is 2.26. The van der Waals surface area contributed by atoms with E-state index in [0.29, 0.717) is 17.0 Å². The fraction of sp³-hybridized carbons (Fsp3) is 0.0667. The summed E-state index contributed by atoms with van der Waals surface area (Å²) in [6.07, 6.45) is 0. The number of hydrogen-bond donors (Lipinski definition) is 1. The van der Waals surface area contributed by atoms with Crippen molar-refractivity contribution in [2.75, 3.05) is 11.9 Å². The predicted octanol–water partition coefficient (Wildman–Crippen LogP) is 2.38. The average Bonchev–Trinajstić information content (AvgIpc) is 2.65. The largest absolute Gasteiger partial charge is 0.324 e. The number of amides is 1. The van der Waals surface area contributed by atoms with E-state index < -0.39 is 4.92 Å². The Bertz CT molecular complexity index is 754. The number of rotatable bonds is 2. The zero-order valence-corrected chi connectivity index (χ0v) is 10.9. The first kappa shape index (κ1) is 13.0. The van der Waals surface area contributed by atoms with Crippen molar-refractivity contribution in [3.63, 3.8) is 0 Å². The molecular formula is C15H11N3O3. The van der Waals surface area contributed by atoms with Gasteiger partial charge >= 0.3 is 0 Å². The van der Waals surface area contributed by atoms with Gasteiger partial charge in [0.1, 0.15) is 6.54 Å². The standard InChI is InChI=1S/C15H11N3O3/c19-14-9-16-15(10-4-2-1-3-5-10)12-8-11(18(20)21)6-7-13(12)17-14/h1-8H,9H2,(H,17,19)/i1+1,2+1,3+1,4+1,5+1,10+1. The van der Waals surface area contributed by atoms with Crippen LogP contribution in [-0.2, 0) is 4.79 Å².